The molecule has 6 nitrogen and oxygen atoms in total. The van der Waals surface area contributed by atoms with Crippen molar-refractivity contribution in [1.82, 2.24) is 16.2 Å². The molecule has 0 bridgehead atoms. The molecule has 1 atom stereocenters. The monoisotopic (exact) mass is 270 g/mol. The lowest BCUT2D eigenvalue weighted by atomic mass is 10.2. The molecular formula is C11H15ClN4O2. The smallest absolute Gasteiger partial charge is 0.333 e. The molecule has 0 aliphatic carbocycles. The third-order valence-electron chi connectivity index (χ3n) is 2.11. The van der Waals surface area contributed by atoms with Gasteiger partial charge in [0, 0.05) is 11.6 Å². The quantitative estimate of drug-likeness (QED) is 0.603. The molecule has 0 aliphatic heterocycles. The lowest BCUT2D eigenvalue weighted by molar-refractivity contribution is -0.122. The van der Waals surface area contributed by atoms with Gasteiger partial charge in [-0.2, -0.15) is 0 Å². The Labute approximate surface area is 110 Å². The van der Waals surface area contributed by atoms with Crippen molar-refractivity contribution in [2.24, 2.45) is 5.73 Å². The van der Waals surface area contributed by atoms with Crippen molar-refractivity contribution < 1.29 is 9.59 Å². The summed E-state index contributed by atoms with van der Waals surface area (Å²) in [5, 5.41) is 3.11. The zero-order valence-electron chi connectivity index (χ0n) is 9.87. The van der Waals surface area contributed by atoms with Gasteiger partial charge in [-0.05, 0) is 18.6 Å². The van der Waals surface area contributed by atoms with Crippen LogP contribution >= 0.6 is 11.6 Å². The third-order valence-corrected chi connectivity index (χ3v) is 2.48. The summed E-state index contributed by atoms with van der Waals surface area (Å²) in [6, 6.07) is 5.92. The molecule has 3 amide bonds. The van der Waals surface area contributed by atoms with Crippen LogP contribution in [0.4, 0.5) is 4.79 Å². The highest BCUT2D eigenvalue weighted by molar-refractivity contribution is 6.31. The summed E-state index contributed by atoms with van der Waals surface area (Å²) in [5.41, 5.74) is 10.4. The number of nitrogens with two attached hydrogens (primary N) is 1. The zero-order valence-corrected chi connectivity index (χ0v) is 10.6. The molecule has 0 unspecified atom stereocenters. The van der Waals surface area contributed by atoms with Crippen LogP contribution in [0.5, 0.6) is 0 Å². The second-order valence-corrected chi connectivity index (χ2v) is 4.08. The highest BCUT2D eigenvalue weighted by Gasteiger charge is 2.08. The van der Waals surface area contributed by atoms with Gasteiger partial charge in [0.05, 0.1) is 6.04 Å². The van der Waals surface area contributed by atoms with Crippen LogP contribution in [-0.4, -0.2) is 18.0 Å². The molecule has 0 heterocycles. The largest absolute Gasteiger partial charge is 0.333 e. The van der Waals surface area contributed by atoms with E-state index < -0.39 is 18.0 Å². The molecule has 18 heavy (non-hydrogen) atoms. The van der Waals surface area contributed by atoms with E-state index in [1.807, 2.05) is 6.07 Å². The number of rotatable bonds is 3. The summed E-state index contributed by atoms with van der Waals surface area (Å²) >= 11 is 5.92. The first kappa shape index (κ1) is 14.3. The summed E-state index contributed by atoms with van der Waals surface area (Å²) in [7, 11) is 0. The fourth-order valence-electron chi connectivity index (χ4n) is 1.09. The van der Waals surface area contributed by atoms with Gasteiger partial charge in [-0.15, -0.1) is 0 Å². The standard InChI is InChI=1S/C11H15ClN4O2/c1-7(13)10(17)15-16-11(18)14-6-8-4-2-3-5-9(8)12/h2-5,7H,6,13H2,1H3,(H,15,17)(H2,14,16,18)/t7-/m0/s1. The second kappa shape index (κ2) is 6.83. The summed E-state index contributed by atoms with van der Waals surface area (Å²) in [5.74, 6) is -0.470. The van der Waals surface area contributed by atoms with Gasteiger partial charge < -0.3 is 11.1 Å². The Bertz CT molecular complexity index is 437. The molecule has 5 N–H and O–H groups in total. The first-order valence-corrected chi connectivity index (χ1v) is 5.71. The molecule has 1 aromatic carbocycles. The van der Waals surface area contributed by atoms with Crippen LogP contribution in [0.25, 0.3) is 0 Å². The minimum atomic E-state index is -0.686. The topological polar surface area (TPSA) is 96.2 Å². The molecule has 0 fully saturated rings. The zero-order chi connectivity index (χ0) is 13.5. The van der Waals surface area contributed by atoms with E-state index in [1.54, 1.807) is 18.2 Å². The van der Waals surface area contributed by atoms with Crippen molar-refractivity contribution in [3.8, 4) is 0 Å². The maximum atomic E-state index is 11.3. The average molecular weight is 271 g/mol. The minimum absolute atomic E-state index is 0.263. The van der Waals surface area contributed by atoms with Crippen LogP contribution in [0, 0.1) is 0 Å². The van der Waals surface area contributed by atoms with Gasteiger partial charge in [0.15, 0.2) is 0 Å². The van der Waals surface area contributed by atoms with Gasteiger partial charge in [-0.3, -0.25) is 10.2 Å². The van der Waals surface area contributed by atoms with Crippen LogP contribution in [0.1, 0.15) is 12.5 Å². The summed E-state index contributed by atoms with van der Waals surface area (Å²) < 4.78 is 0. The normalized spacial score (nSPS) is 11.5. The number of carbonyl (C=O) groups is 2. The Morgan fingerprint density at radius 2 is 2.00 bits per heavy atom. The third kappa shape index (κ3) is 4.60. The van der Waals surface area contributed by atoms with Crippen LogP contribution in [0.3, 0.4) is 0 Å². The highest BCUT2D eigenvalue weighted by atomic mass is 35.5. The Hall–Kier alpha value is -1.79. The van der Waals surface area contributed by atoms with Gasteiger partial charge in [0.2, 0.25) is 0 Å². The summed E-state index contributed by atoms with van der Waals surface area (Å²) in [6.07, 6.45) is 0. The van der Waals surface area contributed by atoms with Gasteiger partial charge in [0.1, 0.15) is 0 Å². The van der Waals surface area contributed by atoms with Crippen LogP contribution in [-0.2, 0) is 11.3 Å². The second-order valence-electron chi connectivity index (χ2n) is 3.68. The number of halogens is 1. The maximum Gasteiger partial charge on any atom is 0.333 e. The van der Waals surface area contributed by atoms with Gasteiger partial charge in [0.25, 0.3) is 5.91 Å². The van der Waals surface area contributed by atoms with E-state index in [0.29, 0.717) is 5.02 Å². The minimum Gasteiger partial charge on any atom is -0.333 e. The molecule has 0 radical (unpaired) electrons. The number of hydrogen-bond acceptors (Lipinski definition) is 3. The fraction of sp³-hybridized carbons (Fsp3) is 0.273. The van der Waals surface area contributed by atoms with Crippen LogP contribution < -0.4 is 21.9 Å². The molecule has 0 aromatic heterocycles. The predicted molar refractivity (Wildman–Crippen MR) is 68.6 cm³/mol. The van der Waals surface area contributed by atoms with Crippen molar-refractivity contribution in [2.75, 3.05) is 0 Å². The van der Waals surface area contributed by atoms with Crippen molar-refractivity contribution >= 4 is 23.5 Å². The Balaban J connectivity index is 2.34. The Kier molecular flexibility index (Phi) is 5.41. The molecule has 1 aromatic rings. The van der Waals surface area contributed by atoms with E-state index in [4.69, 9.17) is 17.3 Å². The van der Waals surface area contributed by atoms with Crippen molar-refractivity contribution in [2.45, 2.75) is 19.5 Å². The van der Waals surface area contributed by atoms with E-state index in [-0.39, 0.29) is 6.54 Å². The molecule has 0 saturated carbocycles. The number of urea groups is 1. The molecule has 0 spiro atoms. The highest BCUT2D eigenvalue weighted by Crippen LogP contribution is 2.13. The lowest BCUT2D eigenvalue weighted by Gasteiger charge is -2.10. The number of hydrogen-bond donors (Lipinski definition) is 4. The van der Waals surface area contributed by atoms with Gasteiger partial charge in [-0.1, -0.05) is 29.8 Å². The molecule has 98 valence electrons. The first-order valence-electron chi connectivity index (χ1n) is 5.33. The predicted octanol–water partition coefficient (Wildman–Crippen LogP) is 0.518. The van der Waals surface area contributed by atoms with Crippen molar-refractivity contribution in [3.63, 3.8) is 0 Å². The first-order chi connectivity index (χ1) is 8.50. The molecule has 0 aliphatic rings. The van der Waals surface area contributed by atoms with E-state index in [2.05, 4.69) is 16.2 Å². The van der Waals surface area contributed by atoms with Gasteiger partial charge >= 0.3 is 6.03 Å². The SMILES string of the molecule is C[C@H](N)C(=O)NNC(=O)NCc1ccccc1Cl. The number of nitrogens with one attached hydrogen (secondary N) is 3. The van der Waals surface area contributed by atoms with Crippen molar-refractivity contribution in [1.29, 1.82) is 0 Å². The molecule has 1 rings (SSSR count). The number of benzene rings is 1. The van der Waals surface area contributed by atoms with E-state index in [0.717, 1.165) is 5.56 Å². The Morgan fingerprint density at radius 3 is 2.61 bits per heavy atom. The number of carbonyl (C=O) groups excluding carboxylic acids is 2. The summed E-state index contributed by atoms with van der Waals surface area (Å²) in [6.45, 7) is 1.78. The maximum absolute atomic E-state index is 11.3. The number of hydrazine groups is 1. The van der Waals surface area contributed by atoms with E-state index in [1.165, 1.54) is 6.92 Å². The van der Waals surface area contributed by atoms with Crippen molar-refractivity contribution in [3.05, 3.63) is 34.9 Å². The average Bonchev–Trinajstić information content (AvgIpc) is 2.34. The Morgan fingerprint density at radius 1 is 1.33 bits per heavy atom. The van der Waals surface area contributed by atoms with Gasteiger partial charge in [-0.25, -0.2) is 10.2 Å². The number of amides is 3. The molecule has 7 heteroatoms. The van der Waals surface area contributed by atoms with E-state index in [9.17, 15) is 9.59 Å². The molecule has 0 saturated heterocycles. The lowest BCUT2D eigenvalue weighted by Crippen LogP contribution is -2.51. The fourth-order valence-corrected chi connectivity index (χ4v) is 1.30. The summed E-state index contributed by atoms with van der Waals surface area (Å²) in [4.78, 5) is 22.4. The van der Waals surface area contributed by atoms with Crippen LogP contribution in [0.15, 0.2) is 24.3 Å². The van der Waals surface area contributed by atoms with Crippen LogP contribution in [0.2, 0.25) is 5.02 Å². The van der Waals surface area contributed by atoms with E-state index >= 15 is 0 Å². The molecular weight excluding hydrogens is 256 g/mol.